The van der Waals surface area contributed by atoms with Gasteiger partial charge in [-0.15, -0.1) is 0 Å². The first-order valence-electron chi connectivity index (χ1n) is 5.24. The van der Waals surface area contributed by atoms with Gasteiger partial charge in [0.05, 0.1) is 6.10 Å². The van der Waals surface area contributed by atoms with Gasteiger partial charge in [-0.3, -0.25) is 0 Å². The number of fused-ring (bicyclic) bond motifs is 1. The zero-order valence-corrected chi connectivity index (χ0v) is 8.46. The highest BCUT2D eigenvalue weighted by Crippen LogP contribution is 2.40. The van der Waals surface area contributed by atoms with Gasteiger partial charge in [0, 0.05) is 5.92 Å². The molecule has 13 heavy (non-hydrogen) atoms. The number of hydrogen-bond donors (Lipinski definition) is 1. The van der Waals surface area contributed by atoms with Crippen molar-refractivity contribution in [2.75, 3.05) is 0 Å². The zero-order valence-electron chi connectivity index (χ0n) is 8.46. The Hall–Kier alpha value is -0.560. The van der Waals surface area contributed by atoms with Crippen molar-refractivity contribution in [1.82, 2.24) is 0 Å². The van der Waals surface area contributed by atoms with Gasteiger partial charge in [0.2, 0.25) is 0 Å². The van der Waals surface area contributed by atoms with Crippen molar-refractivity contribution in [2.24, 2.45) is 11.8 Å². The standard InChI is InChI=1S/C12H18O/c1-8-5-3-4-6-10-9(2)7-11(13)12(8)10/h4,6,8,11-13H,3,5,7H2,1-2H3. The zero-order chi connectivity index (χ0) is 9.42. The molecule has 3 atom stereocenters. The summed E-state index contributed by atoms with van der Waals surface area (Å²) in [6.45, 7) is 4.42. The first-order valence-corrected chi connectivity index (χ1v) is 5.24. The van der Waals surface area contributed by atoms with Crippen molar-refractivity contribution in [3.8, 4) is 0 Å². The summed E-state index contributed by atoms with van der Waals surface area (Å²) in [5, 5.41) is 9.91. The molecule has 0 saturated heterocycles. The van der Waals surface area contributed by atoms with Crippen molar-refractivity contribution in [1.29, 1.82) is 0 Å². The molecule has 0 aromatic heterocycles. The molecule has 0 heterocycles. The molecular weight excluding hydrogens is 160 g/mol. The average Bonchev–Trinajstić information content (AvgIpc) is 2.28. The lowest BCUT2D eigenvalue weighted by molar-refractivity contribution is 0.111. The van der Waals surface area contributed by atoms with Gasteiger partial charge < -0.3 is 5.11 Å². The quantitative estimate of drug-likeness (QED) is 0.604. The van der Waals surface area contributed by atoms with Gasteiger partial charge in [0.15, 0.2) is 0 Å². The molecule has 0 aromatic carbocycles. The Bertz CT molecular complexity index is 262. The third kappa shape index (κ3) is 1.46. The van der Waals surface area contributed by atoms with E-state index in [0.717, 1.165) is 6.42 Å². The smallest absolute Gasteiger partial charge is 0.0648 e. The van der Waals surface area contributed by atoms with Crippen LogP contribution in [0.3, 0.4) is 0 Å². The predicted octanol–water partition coefficient (Wildman–Crippen LogP) is 2.67. The van der Waals surface area contributed by atoms with Crippen molar-refractivity contribution >= 4 is 0 Å². The molecule has 0 saturated carbocycles. The van der Waals surface area contributed by atoms with E-state index < -0.39 is 0 Å². The second kappa shape index (κ2) is 3.30. The van der Waals surface area contributed by atoms with Crippen LogP contribution in [0, 0.1) is 11.8 Å². The minimum absolute atomic E-state index is 0.118. The summed E-state index contributed by atoms with van der Waals surface area (Å²) in [5.41, 5.74) is 2.81. The Balaban J connectivity index is 2.34. The molecular formula is C12H18O. The summed E-state index contributed by atoms with van der Waals surface area (Å²) >= 11 is 0. The Morgan fingerprint density at radius 2 is 2.23 bits per heavy atom. The lowest BCUT2D eigenvalue weighted by Crippen LogP contribution is -2.22. The van der Waals surface area contributed by atoms with Gasteiger partial charge in [0.25, 0.3) is 0 Å². The molecule has 2 aliphatic carbocycles. The molecule has 1 heteroatoms. The van der Waals surface area contributed by atoms with E-state index in [1.807, 2.05) is 0 Å². The third-order valence-electron chi connectivity index (χ3n) is 3.48. The fourth-order valence-electron chi connectivity index (χ4n) is 2.74. The van der Waals surface area contributed by atoms with Gasteiger partial charge in [-0.25, -0.2) is 0 Å². The van der Waals surface area contributed by atoms with E-state index in [-0.39, 0.29) is 6.10 Å². The number of rotatable bonds is 0. The molecule has 0 aromatic rings. The van der Waals surface area contributed by atoms with Gasteiger partial charge in [-0.05, 0) is 37.7 Å². The van der Waals surface area contributed by atoms with Crippen LogP contribution >= 0.6 is 0 Å². The maximum absolute atomic E-state index is 9.91. The lowest BCUT2D eigenvalue weighted by Gasteiger charge is -2.22. The number of allylic oxidation sites excluding steroid dienone is 2. The topological polar surface area (TPSA) is 20.2 Å². The fraction of sp³-hybridized carbons (Fsp3) is 0.667. The monoisotopic (exact) mass is 178 g/mol. The highest BCUT2D eigenvalue weighted by Gasteiger charge is 2.34. The molecule has 0 aliphatic heterocycles. The van der Waals surface area contributed by atoms with Gasteiger partial charge >= 0.3 is 0 Å². The summed E-state index contributed by atoms with van der Waals surface area (Å²) in [6, 6.07) is 0. The number of aliphatic hydroxyl groups is 1. The molecule has 0 fully saturated rings. The largest absolute Gasteiger partial charge is 0.392 e. The van der Waals surface area contributed by atoms with E-state index in [1.54, 1.807) is 0 Å². The summed E-state index contributed by atoms with van der Waals surface area (Å²) < 4.78 is 0. The summed E-state index contributed by atoms with van der Waals surface area (Å²) in [7, 11) is 0. The second-order valence-corrected chi connectivity index (χ2v) is 4.49. The Morgan fingerprint density at radius 1 is 1.46 bits per heavy atom. The fourth-order valence-corrected chi connectivity index (χ4v) is 2.74. The Morgan fingerprint density at radius 3 is 3.00 bits per heavy atom. The first kappa shape index (κ1) is 9.01. The maximum atomic E-state index is 9.91. The second-order valence-electron chi connectivity index (χ2n) is 4.49. The van der Waals surface area contributed by atoms with Crippen molar-refractivity contribution in [2.45, 2.75) is 39.2 Å². The molecule has 0 radical (unpaired) electrons. The van der Waals surface area contributed by atoms with Crippen LogP contribution in [0.25, 0.3) is 0 Å². The molecule has 0 spiro atoms. The summed E-state index contributed by atoms with van der Waals surface area (Å²) in [5.74, 6) is 1.05. The van der Waals surface area contributed by atoms with Crippen LogP contribution < -0.4 is 0 Å². The molecule has 0 bridgehead atoms. The molecule has 2 aliphatic rings. The lowest BCUT2D eigenvalue weighted by atomic mass is 9.85. The van der Waals surface area contributed by atoms with E-state index in [2.05, 4.69) is 26.0 Å². The third-order valence-corrected chi connectivity index (χ3v) is 3.48. The van der Waals surface area contributed by atoms with E-state index in [4.69, 9.17) is 0 Å². The molecule has 1 N–H and O–H groups in total. The minimum atomic E-state index is -0.118. The van der Waals surface area contributed by atoms with E-state index >= 15 is 0 Å². The highest BCUT2D eigenvalue weighted by atomic mass is 16.3. The van der Waals surface area contributed by atoms with Crippen molar-refractivity contribution in [3.05, 3.63) is 23.3 Å². The van der Waals surface area contributed by atoms with Crippen LogP contribution in [0.15, 0.2) is 23.3 Å². The van der Waals surface area contributed by atoms with E-state index in [0.29, 0.717) is 11.8 Å². The van der Waals surface area contributed by atoms with Crippen LogP contribution in [0.5, 0.6) is 0 Å². The maximum Gasteiger partial charge on any atom is 0.0648 e. The molecule has 2 rings (SSSR count). The normalized spacial score (nSPS) is 39.2. The van der Waals surface area contributed by atoms with Gasteiger partial charge in [-0.1, -0.05) is 24.6 Å². The highest BCUT2D eigenvalue weighted by molar-refractivity contribution is 5.35. The average molecular weight is 178 g/mol. The number of hydrogen-bond acceptors (Lipinski definition) is 1. The summed E-state index contributed by atoms with van der Waals surface area (Å²) in [4.78, 5) is 0. The van der Waals surface area contributed by atoms with Crippen LogP contribution in [0.4, 0.5) is 0 Å². The van der Waals surface area contributed by atoms with E-state index in [1.165, 1.54) is 24.0 Å². The molecule has 0 amide bonds. The van der Waals surface area contributed by atoms with Gasteiger partial charge in [-0.2, -0.15) is 0 Å². The van der Waals surface area contributed by atoms with Crippen molar-refractivity contribution < 1.29 is 5.11 Å². The SMILES string of the molecule is CC1=C2C=CCCC(C)C2C(O)C1. The predicted molar refractivity (Wildman–Crippen MR) is 54.4 cm³/mol. The molecule has 1 nitrogen and oxygen atoms in total. The minimum Gasteiger partial charge on any atom is -0.392 e. The first-order chi connectivity index (χ1) is 6.20. The van der Waals surface area contributed by atoms with Crippen LogP contribution in [-0.4, -0.2) is 11.2 Å². The Labute approximate surface area is 80.2 Å². The summed E-state index contributed by atoms with van der Waals surface area (Å²) in [6.07, 6.45) is 7.64. The number of aliphatic hydroxyl groups excluding tert-OH is 1. The van der Waals surface area contributed by atoms with Crippen LogP contribution in [0.2, 0.25) is 0 Å². The molecule has 72 valence electrons. The van der Waals surface area contributed by atoms with Crippen molar-refractivity contribution in [3.63, 3.8) is 0 Å². The van der Waals surface area contributed by atoms with Gasteiger partial charge in [0.1, 0.15) is 0 Å². The van der Waals surface area contributed by atoms with Crippen LogP contribution in [-0.2, 0) is 0 Å². The molecule has 3 unspecified atom stereocenters. The Kier molecular flexibility index (Phi) is 2.29. The van der Waals surface area contributed by atoms with E-state index in [9.17, 15) is 5.11 Å². The van der Waals surface area contributed by atoms with Crippen LogP contribution in [0.1, 0.15) is 33.1 Å².